The molecular formula is C13H15NO3. The Bertz CT molecular complexity index is 486. The van der Waals surface area contributed by atoms with Gasteiger partial charge in [-0.25, -0.2) is 4.79 Å². The molecule has 17 heavy (non-hydrogen) atoms. The molecule has 2 rings (SSSR count). The van der Waals surface area contributed by atoms with Crippen LogP contribution in [-0.2, 0) is 16.8 Å². The first-order valence-electron chi connectivity index (χ1n) is 5.67. The highest BCUT2D eigenvalue weighted by atomic mass is 16.5. The highest BCUT2D eigenvalue weighted by Crippen LogP contribution is 2.55. The van der Waals surface area contributed by atoms with Crippen LogP contribution in [0.1, 0.15) is 30.9 Å². The number of isocyanates is 1. The van der Waals surface area contributed by atoms with Gasteiger partial charge in [-0.05, 0) is 30.9 Å². The van der Waals surface area contributed by atoms with E-state index in [-0.39, 0.29) is 5.75 Å². The van der Waals surface area contributed by atoms with Crippen molar-refractivity contribution < 1.29 is 14.6 Å². The van der Waals surface area contributed by atoms with Gasteiger partial charge in [0, 0.05) is 5.56 Å². The summed E-state index contributed by atoms with van der Waals surface area (Å²) >= 11 is 0. The molecule has 0 aromatic heterocycles. The van der Waals surface area contributed by atoms with Crippen LogP contribution in [0.2, 0.25) is 0 Å². The summed E-state index contributed by atoms with van der Waals surface area (Å²) in [7, 11) is 1.51. The van der Waals surface area contributed by atoms with Crippen LogP contribution in [0.15, 0.2) is 17.1 Å². The molecule has 0 spiro atoms. The Hall–Kier alpha value is -1.80. The molecule has 1 aliphatic carbocycles. The minimum atomic E-state index is -0.564. The van der Waals surface area contributed by atoms with Crippen LogP contribution in [0.5, 0.6) is 11.5 Å². The molecule has 1 aromatic rings. The van der Waals surface area contributed by atoms with E-state index in [2.05, 4.69) is 4.99 Å². The van der Waals surface area contributed by atoms with Crippen LogP contribution >= 0.6 is 0 Å². The van der Waals surface area contributed by atoms with Crippen LogP contribution in [-0.4, -0.2) is 18.3 Å². The molecule has 0 aliphatic heterocycles. The number of phenols is 1. The minimum absolute atomic E-state index is 0.100. The number of aromatic hydroxyl groups is 1. The maximum absolute atomic E-state index is 10.5. The second-order valence-electron chi connectivity index (χ2n) is 4.24. The van der Waals surface area contributed by atoms with Gasteiger partial charge in [0.05, 0.1) is 7.11 Å². The highest BCUT2D eigenvalue weighted by Gasteiger charge is 2.48. The van der Waals surface area contributed by atoms with Gasteiger partial charge in [-0.2, -0.15) is 4.99 Å². The number of benzene rings is 1. The maximum atomic E-state index is 10.5. The number of aliphatic imine (C=N–C) groups is 1. The summed E-state index contributed by atoms with van der Waals surface area (Å²) in [6, 6.07) is 3.65. The van der Waals surface area contributed by atoms with Crippen LogP contribution in [0, 0.1) is 0 Å². The van der Waals surface area contributed by atoms with Crippen molar-refractivity contribution in [2.45, 2.75) is 31.7 Å². The van der Waals surface area contributed by atoms with Crippen molar-refractivity contribution in [2.24, 2.45) is 4.99 Å². The Kier molecular flexibility index (Phi) is 2.90. The van der Waals surface area contributed by atoms with E-state index in [1.54, 1.807) is 12.1 Å². The average molecular weight is 233 g/mol. The number of phenolic OH excluding ortho intramolecular Hbond substituents is 1. The Morgan fingerprint density at radius 1 is 1.53 bits per heavy atom. The Morgan fingerprint density at radius 3 is 2.71 bits per heavy atom. The fraction of sp³-hybridized carbons (Fsp3) is 0.462. The molecule has 0 unspecified atom stereocenters. The lowest BCUT2D eigenvalue weighted by Crippen LogP contribution is -2.07. The quantitative estimate of drug-likeness (QED) is 0.641. The summed E-state index contributed by atoms with van der Waals surface area (Å²) in [5.74, 6) is 0.521. The van der Waals surface area contributed by atoms with Crippen LogP contribution < -0.4 is 4.74 Å². The molecule has 4 nitrogen and oxygen atoms in total. The number of rotatable bonds is 4. The zero-order chi connectivity index (χ0) is 12.5. The molecule has 0 radical (unpaired) electrons. The van der Waals surface area contributed by atoms with Gasteiger partial charge in [0.25, 0.3) is 0 Å². The first kappa shape index (κ1) is 11.7. The number of nitrogens with zero attached hydrogens (tertiary/aromatic N) is 1. The number of carbonyl (C=O) groups excluding carboxylic acids is 1. The molecule has 1 aromatic carbocycles. The lowest BCUT2D eigenvalue weighted by molar-refractivity contribution is 0.367. The number of hydrogen-bond acceptors (Lipinski definition) is 4. The summed E-state index contributed by atoms with van der Waals surface area (Å²) in [6.45, 7) is 2.01. The fourth-order valence-electron chi connectivity index (χ4n) is 2.22. The second kappa shape index (κ2) is 4.22. The second-order valence-corrected chi connectivity index (χ2v) is 4.24. The van der Waals surface area contributed by atoms with Crippen molar-refractivity contribution in [3.05, 3.63) is 23.3 Å². The van der Waals surface area contributed by atoms with E-state index in [1.165, 1.54) is 7.11 Å². The van der Waals surface area contributed by atoms with Gasteiger partial charge in [0.2, 0.25) is 6.08 Å². The summed E-state index contributed by atoms with van der Waals surface area (Å²) in [6.07, 6.45) is 3.94. The number of hydrogen-bond donors (Lipinski definition) is 1. The van der Waals surface area contributed by atoms with Gasteiger partial charge in [0.1, 0.15) is 5.54 Å². The molecule has 0 heterocycles. The van der Waals surface area contributed by atoms with E-state index < -0.39 is 5.54 Å². The molecule has 0 saturated heterocycles. The zero-order valence-electron chi connectivity index (χ0n) is 9.99. The minimum Gasteiger partial charge on any atom is -0.504 e. The molecule has 1 aliphatic rings. The molecule has 0 bridgehead atoms. The summed E-state index contributed by atoms with van der Waals surface area (Å²) < 4.78 is 5.10. The van der Waals surface area contributed by atoms with Crippen molar-refractivity contribution in [3.63, 3.8) is 0 Å². The van der Waals surface area contributed by atoms with Gasteiger partial charge in [-0.3, -0.25) is 0 Å². The Labute approximate surface area is 99.9 Å². The molecule has 1 fully saturated rings. The predicted molar refractivity (Wildman–Crippen MR) is 63.1 cm³/mol. The third kappa shape index (κ3) is 1.81. The molecule has 0 atom stereocenters. The van der Waals surface area contributed by atoms with Crippen molar-refractivity contribution in [2.75, 3.05) is 7.11 Å². The van der Waals surface area contributed by atoms with Gasteiger partial charge in [0.15, 0.2) is 11.5 Å². The smallest absolute Gasteiger partial charge is 0.235 e. The fourth-order valence-corrected chi connectivity index (χ4v) is 2.22. The molecule has 4 heteroatoms. The van der Waals surface area contributed by atoms with Crippen LogP contribution in [0.25, 0.3) is 0 Å². The average Bonchev–Trinajstić information content (AvgIpc) is 3.09. The third-order valence-corrected chi connectivity index (χ3v) is 3.28. The number of aryl methyl sites for hydroxylation is 1. The van der Waals surface area contributed by atoms with Gasteiger partial charge >= 0.3 is 0 Å². The first-order chi connectivity index (χ1) is 8.18. The van der Waals surface area contributed by atoms with Gasteiger partial charge < -0.3 is 9.84 Å². The summed E-state index contributed by atoms with van der Waals surface area (Å²) in [5, 5.41) is 10.2. The van der Waals surface area contributed by atoms with Gasteiger partial charge in [-0.1, -0.05) is 13.0 Å². The topological polar surface area (TPSA) is 58.9 Å². The summed E-state index contributed by atoms with van der Waals surface area (Å²) in [5.41, 5.74) is 1.16. The van der Waals surface area contributed by atoms with E-state index in [0.29, 0.717) is 5.75 Å². The number of methoxy groups -OCH3 is 1. The van der Waals surface area contributed by atoms with Gasteiger partial charge in [-0.15, -0.1) is 0 Å². The highest BCUT2D eigenvalue weighted by molar-refractivity contribution is 5.56. The lowest BCUT2D eigenvalue weighted by Gasteiger charge is -2.17. The Balaban J connectivity index is 2.61. The molecule has 1 saturated carbocycles. The largest absolute Gasteiger partial charge is 0.504 e. The molecule has 90 valence electrons. The van der Waals surface area contributed by atoms with E-state index in [1.807, 2.05) is 13.0 Å². The van der Waals surface area contributed by atoms with Crippen molar-refractivity contribution in [1.29, 1.82) is 0 Å². The third-order valence-electron chi connectivity index (χ3n) is 3.28. The Morgan fingerprint density at radius 2 is 2.24 bits per heavy atom. The van der Waals surface area contributed by atoms with E-state index in [0.717, 1.165) is 30.4 Å². The predicted octanol–water partition coefficient (Wildman–Crippen LogP) is 2.29. The molecule has 1 N–H and O–H groups in total. The number of ether oxygens (including phenoxy) is 1. The van der Waals surface area contributed by atoms with Crippen LogP contribution in [0.3, 0.4) is 0 Å². The standard InChI is InChI=1S/C13H15NO3/c1-3-9-4-5-10(17-2)12(16)11(9)13(6-7-13)14-8-15/h4-5,16H,3,6-7H2,1-2H3. The van der Waals surface area contributed by atoms with E-state index in [9.17, 15) is 9.90 Å². The van der Waals surface area contributed by atoms with Crippen molar-refractivity contribution in [3.8, 4) is 11.5 Å². The van der Waals surface area contributed by atoms with Crippen LogP contribution in [0.4, 0.5) is 0 Å². The lowest BCUT2D eigenvalue weighted by atomic mass is 9.95. The SMILES string of the molecule is CCc1ccc(OC)c(O)c1C1(N=C=O)CC1. The molecular weight excluding hydrogens is 218 g/mol. The van der Waals surface area contributed by atoms with E-state index in [4.69, 9.17) is 4.74 Å². The monoisotopic (exact) mass is 233 g/mol. The van der Waals surface area contributed by atoms with E-state index >= 15 is 0 Å². The normalized spacial score (nSPS) is 16.1. The molecule has 0 amide bonds. The zero-order valence-corrected chi connectivity index (χ0v) is 9.99. The van der Waals surface area contributed by atoms with Crippen molar-refractivity contribution in [1.82, 2.24) is 0 Å². The maximum Gasteiger partial charge on any atom is 0.235 e. The van der Waals surface area contributed by atoms with Crippen molar-refractivity contribution >= 4 is 6.08 Å². The first-order valence-corrected chi connectivity index (χ1v) is 5.67. The summed E-state index contributed by atoms with van der Waals surface area (Å²) in [4.78, 5) is 14.4.